The highest BCUT2D eigenvalue weighted by Gasteiger charge is 2.39. The lowest BCUT2D eigenvalue weighted by Crippen LogP contribution is -2.35. The molecule has 0 saturated heterocycles. The highest BCUT2D eigenvalue weighted by atomic mass is 35.5. The Hall–Kier alpha value is -2.86. The van der Waals surface area contributed by atoms with Crippen LogP contribution in [-0.2, 0) is 9.59 Å². The van der Waals surface area contributed by atoms with E-state index >= 15 is 0 Å². The number of likely N-dealkylation sites (N-methyl/N-ethyl adjacent to an activating group) is 1. The number of nitrogens with zero attached hydrogens (tertiary/aromatic N) is 1. The third kappa shape index (κ3) is 4.89. The molecule has 0 aromatic heterocycles. The smallest absolute Gasteiger partial charge is 0.254 e. The molecule has 1 aliphatic rings. The summed E-state index contributed by atoms with van der Waals surface area (Å²) in [6.45, 7) is 1.91. The Kier molecular flexibility index (Phi) is 5.99. The van der Waals surface area contributed by atoms with Gasteiger partial charge in [0.15, 0.2) is 0 Å². The van der Waals surface area contributed by atoms with Gasteiger partial charge in [-0.1, -0.05) is 36.7 Å². The molecule has 7 heteroatoms. The number of anilines is 2. The number of hydrogen-bond donors (Lipinski definition) is 2. The summed E-state index contributed by atoms with van der Waals surface area (Å²) >= 11 is 6.03. The molecule has 28 heavy (non-hydrogen) atoms. The zero-order valence-electron chi connectivity index (χ0n) is 15.7. The van der Waals surface area contributed by atoms with Crippen LogP contribution in [0.3, 0.4) is 0 Å². The lowest BCUT2D eigenvalue weighted by atomic mass is 10.1. The van der Waals surface area contributed by atoms with Gasteiger partial charge in [-0.2, -0.15) is 0 Å². The van der Waals surface area contributed by atoms with Gasteiger partial charge < -0.3 is 15.5 Å². The molecule has 2 N–H and O–H groups in total. The maximum absolute atomic E-state index is 12.6. The molecular weight excluding hydrogens is 378 g/mol. The molecule has 2 atom stereocenters. The molecule has 1 fully saturated rings. The third-order valence-electron chi connectivity index (χ3n) is 4.70. The third-order valence-corrected chi connectivity index (χ3v) is 5.03. The monoisotopic (exact) mass is 399 g/mol. The zero-order valence-corrected chi connectivity index (χ0v) is 16.5. The highest BCUT2D eigenvalue weighted by Crippen LogP contribution is 2.38. The average molecular weight is 400 g/mol. The van der Waals surface area contributed by atoms with E-state index in [0.29, 0.717) is 27.9 Å². The number of benzene rings is 2. The molecule has 0 spiro atoms. The molecule has 1 aliphatic carbocycles. The van der Waals surface area contributed by atoms with E-state index in [1.807, 2.05) is 6.92 Å². The second kappa shape index (κ2) is 8.44. The molecule has 3 rings (SSSR count). The fourth-order valence-corrected chi connectivity index (χ4v) is 3.10. The normalized spacial score (nSPS) is 17.5. The van der Waals surface area contributed by atoms with Gasteiger partial charge in [0.1, 0.15) is 0 Å². The zero-order chi connectivity index (χ0) is 20.3. The SMILES string of the molecule is CC1CC1C(=O)Nc1cccc(C(=O)N(C)CC(=O)Nc2ccccc2Cl)c1. The molecule has 0 aliphatic heterocycles. The lowest BCUT2D eigenvalue weighted by molar-refractivity contribution is -0.118. The van der Waals surface area contributed by atoms with Crippen LogP contribution in [0.15, 0.2) is 48.5 Å². The van der Waals surface area contributed by atoms with Gasteiger partial charge in [0.2, 0.25) is 11.8 Å². The standard InChI is InChI=1S/C21H22ClN3O3/c1-13-10-16(13)20(27)23-15-7-5-6-14(11-15)21(28)25(2)12-19(26)24-18-9-4-3-8-17(18)22/h3-9,11,13,16H,10,12H2,1-2H3,(H,23,27)(H,24,26). The highest BCUT2D eigenvalue weighted by molar-refractivity contribution is 6.33. The van der Waals surface area contributed by atoms with Crippen LogP contribution < -0.4 is 10.6 Å². The van der Waals surface area contributed by atoms with Crippen molar-refractivity contribution in [2.24, 2.45) is 11.8 Å². The number of amides is 3. The van der Waals surface area contributed by atoms with Crippen LogP contribution >= 0.6 is 11.6 Å². The van der Waals surface area contributed by atoms with E-state index in [9.17, 15) is 14.4 Å². The van der Waals surface area contributed by atoms with Crippen molar-refractivity contribution in [3.05, 3.63) is 59.1 Å². The topological polar surface area (TPSA) is 78.5 Å². The number of rotatable bonds is 6. The lowest BCUT2D eigenvalue weighted by Gasteiger charge is -2.17. The van der Waals surface area contributed by atoms with Gasteiger partial charge in [0, 0.05) is 24.2 Å². The maximum Gasteiger partial charge on any atom is 0.254 e. The summed E-state index contributed by atoms with van der Waals surface area (Å²) in [5.74, 6) is -0.228. The van der Waals surface area contributed by atoms with Gasteiger partial charge in [0.25, 0.3) is 5.91 Å². The molecule has 0 radical (unpaired) electrons. The van der Waals surface area contributed by atoms with Crippen molar-refractivity contribution in [3.63, 3.8) is 0 Å². The van der Waals surface area contributed by atoms with Crippen molar-refractivity contribution in [2.75, 3.05) is 24.2 Å². The van der Waals surface area contributed by atoms with E-state index in [1.54, 1.807) is 55.6 Å². The number of carbonyl (C=O) groups is 3. The number of para-hydroxylation sites is 1. The molecule has 0 bridgehead atoms. The van der Waals surface area contributed by atoms with Crippen LogP contribution in [-0.4, -0.2) is 36.2 Å². The Morgan fingerprint density at radius 2 is 1.82 bits per heavy atom. The second-order valence-corrected chi connectivity index (χ2v) is 7.49. The van der Waals surface area contributed by atoms with Crippen LogP contribution in [0.1, 0.15) is 23.7 Å². The molecule has 0 heterocycles. The summed E-state index contributed by atoms with van der Waals surface area (Å²) in [7, 11) is 1.55. The van der Waals surface area contributed by atoms with Crippen molar-refractivity contribution in [1.29, 1.82) is 0 Å². The van der Waals surface area contributed by atoms with Crippen molar-refractivity contribution in [2.45, 2.75) is 13.3 Å². The Morgan fingerprint density at radius 3 is 2.50 bits per heavy atom. The first-order chi connectivity index (χ1) is 13.3. The Balaban J connectivity index is 1.59. The van der Waals surface area contributed by atoms with Gasteiger partial charge in [-0.3, -0.25) is 14.4 Å². The summed E-state index contributed by atoms with van der Waals surface area (Å²) < 4.78 is 0. The Bertz CT molecular complexity index is 915. The van der Waals surface area contributed by atoms with Crippen LogP contribution in [0, 0.1) is 11.8 Å². The van der Waals surface area contributed by atoms with Crippen LogP contribution in [0.5, 0.6) is 0 Å². The van der Waals surface area contributed by atoms with Gasteiger partial charge in [-0.15, -0.1) is 0 Å². The quantitative estimate of drug-likeness (QED) is 0.778. The number of halogens is 1. The minimum atomic E-state index is -0.351. The Labute approximate surface area is 168 Å². The fraction of sp³-hybridized carbons (Fsp3) is 0.286. The first kappa shape index (κ1) is 19.9. The average Bonchev–Trinajstić information content (AvgIpc) is 3.40. The molecule has 2 aromatic carbocycles. The number of nitrogens with one attached hydrogen (secondary N) is 2. The van der Waals surface area contributed by atoms with E-state index in [-0.39, 0.29) is 30.2 Å². The minimum Gasteiger partial charge on any atom is -0.332 e. The number of carbonyl (C=O) groups excluding carboxylic acids is 3. The van der Waals surface area contributed by atoms with Gasteiger partial charge in [0.05, 0.1) is 17.3 Å². The van der Waals surface area contributed by atoms with E-state index in [4.69, 9.17) is 11.6 Å². The minimum absolute atomic E-state index is 0.0235. The summed E-state index contributed by atoms with van der Waals surface area (Å²) in [4.78, 5) is 38.3. The molecule has 2 aromatic rings. The molecule has 146 valence electrons. The summed E-state index contributed by atoms with van der Waals surface area (Å²) in [6, 6.07) is 13.6. The number of hydrogen-bond acceptors (Lipinski definition) is 3. The first-order valence-corrected chi connectivity index (χ1v) is 9.43. The van der Waals surface area contributed by atoms with Gasteiger partial charge in [-0.05, 0) is 42.7 Å². The van der Waals surface area contributed by atoms with E-state index < -0.39 is 0 Å². The van der Waals surface area contributed by atoms with E-state index in [0.717, 1.165) is 6.42 Å². The van der Waals surface area contributed by atoms with Crippen molar-refractivity contribution >= 4 is 40.7 Å². The van der Waals surface area contributed by atoms with Crippen LogP contribution in [0.4, 0.5) is 11.4 Å². The second-order valence-electron chi connectivity index (χ2n) is 7.08. The molecule has 3 amide bonds. The summed E-state index contributed by atoms with van der Waals surface area (Å²) in [6.07, 6.45) is 0.897. The summed E-state index contributed by atoms with van der Waals surface area (Å²) in [5.41, 5.74) is 1.47. The molecule has 1 saturated carbocycles. The van der Waals surface area contributed by atoms with Crippen LogP contribution in [0.2, 0.25) is 5.02 Å². The predicted molar refractivity (Wildman–Crippen MR) is 109 cm³/mol. The fourth-order valence-electron chi connectivity index (χ4n) is 2.91. The molecule has 2 unspecified atom stereocenters. The van der Waals surface area contributed by atoms with E-state index in [2.05, 4.69) is 10.6 Å². The van der Waals surface area contributed by atoms with E-state index in [1.165, 1.54) is 4.90 Å². The van der Waals surface area contributed by atoms with Crippen molar-refractivity contribution < 1.29 is 14.4 Å². The van der Waals surface area contributed by atoms with Gasteiger partial charge in [-0.25, -0.2) is 0 Å². The Morgan fingerprint density at radius 1 is 1.11 bits per heavy atom. The van der Waals surface area contributed by atoms with Crippen molar-refractivity contribution in [3.8, 4) is 0 Å². The largest absolute Gasteiger partial charge is 0.332 e. The summed E-state index contributed by atoms with van der Waals surface area (Å²) in [5, 5.41) is 5.96. The first-order valence-electron chi connectivity index (χ1n) is 9.06. The molecular formula is C21H22ClN3O3. The maximum atomic E-state index is 12.6. The van der Waals surface area contributed by atoms with Gasteiger partial charge >= 0.3 is 0 Å². The predicted octanol–water partition coefficient (Wildman–Crippen LogP) is 3.65. The van der Waals surface area contributed by atoms with Crippen LogP contribution in [0.25, 0.3) is 0 Å². The molecule has 6 nitrogen and oxygen atoms in total. The van der Waals surface area contributed by atoms with Crippen molar-refractivity contribution in [1.82, 2.24) is 4.90 Å².